The third kappa shape index (κ3) is 11.7. The molecular weight excluding hydrogens is 501 g/mol. The predicted octanol–water partition coefficient (Wildman–Crippen LogP) is 4.90. The van der Waals surface area contributed by atoms with E-state index < -0.39 is 12.1 Å². The highest BCUT2D eigenvalue weighted by atomic mass is 35.5. The second-order valence-electron chi connectivity index (χ2n) is 7.90. The van der Waals surface area contributed by atoms with Crippen LogP contribution in [0.15, 0.2) is 64.4 Å². The second-order valence-corrected chi connectivity index (χ2v) is 8.41. The maximum Gasteiger partial charge on any atom is 0.471 e. The van der Waals surface area contributed by atoms with Crippen LogP contribution in [0.2, 0.25) is 0 Å². The van der Waals surface area contributed by atoms with Crippen molar-refractivity contribution in [3.05, 3.63) is 59.4 Å². The van der Waals surface area contributed by atoms with Crippen molar-refractivity contribution in [1.29, 1.82) is 0 Å². The van der Waals surface area contributed by atoms with E-state index in [1.54, 1.807) is 13.1 Å². The number of hydrogen-bond acceptors (Lipinski definition) is 6. The molecule has 2 unspecified atom stereocenters. The molecule has 200 valence electrons. The molecule has 0 saturated heterocycles. The quantitative estimate of drug-likeness (QED) is 0.202. The highest BCUT2D eigenvalue weighted by Gasteiger charge is 2.39. The first-order valence-corrected chi connectivity index (χ1v) is 11.6. The molecule has 0 aromatic rings. The molecule has 0 saturated carbocycles. The van der Waals surface area contributed by atoms with E-state index in [2.05, 4.69) is 4.99 Å². The number of allylic oxidation sites excluding steroid dienone is 5. The third-order valence-corrected chi connectivity index (χ3v) is 5.02. The van der Waals surface area contributed by atoms with Crippen molar-refractivity contribution in [3.63, 3.8) is 0 Å². The van der Waals surface area contributed by atoms with Crippen LogP contribution < -0.4 is 0 Å². The Hall–Kier alpha value is -2.85. The fourth-order valence-corrected chi connectivity index (χ4v) is 3.17. The molecule has 0 bridgehead atoms. The number of aliphatic imine (C=N–C) groups is 1. The van der Waals surface area contributed by atoms with Crippen molar-refractivity contribution in [2.24, 2.45) is 4.99 Å². The van der Waals surface area contributed by atoms with E-state index in [4.69, 9.17) is 25.8 Å². The summed E-state index contributed by atoms with van der Waals surface area (Å²) >= 11 is 6.25. The lowest BCUT2D eigenvalue weighted by Gasteiger charge is -2.20. The molecule has 11 heteroatoms. The minimum Gasteiger partial charge on any atom is -0.475 e. The van der Waals surface area contributed by atoms with Crippen LogP contribution in [-0.4, -0.2) is 74.2 Å². The summed E-state index contributed by atoms with van der Waals surface area (Å²) in [6, 6.07) is 0. The summed E-state index contributed by atoms with van der Waals surface area (Å²) in [5.41, 5.74) is 2.90. The molecule has 1 amide bonds. The van der Waals surface area contributed by atoms with Crippen molar-refractivity contribution in [1.82, 2.24) is 4.90 Å². The largest absolute Gasteiger partial charge is 0.475 e. The number of alkyl halides is 4. The predicted molar refractivity (Wildman–Crippen MR) is 133 cm³/mol. The van der Waals surface area contributed by atoms with Crippen molar-refractivity contribution in [3.8, 4) is 0 Å². The van der Waals surface area contributed by atoms with Crippen molar-refractivity contribution < 1.29 is 37.0 Å². The molecule has 2 rings (SSSR count). The van der Waals surface area contributed by atoms with E-state index in [0.717, 1.165) is 30.8 Å². The van der Waals surface area contributed by atoms with Crippen molar-refractivity contribution >= 4 is 29.4 Å². The Labute approximate surface area is 214 Å². The highest BCUT2D eigenvalue weighted by molar-refractivity contribution is 6.22. The molecule has 0 aromatic carbocycles. The van der Waals surface area contributed by atoms with Gasteiger partial charge >= 0.3 is 18.1 Å². The standard InChI is InChI=1S/C21H26ClNO4.C4H6F3NO/c1-4-25-21(24)13-16(3)17-6-5-7-20(23-14-17)27-11-10-26-19-9-8-15(2)12-18(19)22;1-8(2)3(9)4(5,6)7/h5,7-9,12-14,18-19H,4,6,10-11H2,1-3H3;1-2H3/b16-13-;. The lowest BCUT2D eigenvalue weighted by molar-refractivity contribution is -0.182. The summed E-state index contributed by atoms with van der Waals surface area (Å²) < 4.78 is 50.3. The average molecular weight is 533 g/mol. The first-order chi connectivity index (χ1) is 16.8. The summed E-state index contributed by atoms with van der Waals surface area (Å²) in [4.78, 5) is 26.3. The van der Waals surface area contributed by atoms with Gasteiger partial charge in [-0.3, -0.25) is 4.79 Å². The average Bonchev–Trinajstić information content (AvgIpc) is 3.03. The number of amides is 1. The minimum absolute atomic E-state index is 0.146. The van der Waals surface area contributed by atoms with Crippen molar-refractivity contribution in [2.75, 3.05) is 33.9 Å². The Balaban J connectivity index is 0.000000613. The Morgan fingerprint density at radius 1 is 1.25 bits per heavy atom. The zero-order chi connectivity index (χ0) is 27.3. The van der Waals surface area contributed by atoms with E-state index in [1.165, 1.54) is 6.08 Å². The Kier molecular flexibility index (Phi) is 13.3. The summed E-state index contributed by atoms with van der Waals surface area (Å²) in [6.45, 7) is 6.80. The van der Waals surface area contributed by atoms with Crippen LogP contribution in [-0.2, 0) is 23.8 Å². The van der Waals surface area contributed by atoms with Gasteiger partial charge in [-0.2, -0.15) is 13.2 Å². The maximum atomic E-state index is 11.6. The molecule has 2 aliphatic rings. The number of carbonyl (C=O) groups excluding carboxylic acids is 2. The molecular formula is C25H32ClF3N2O5. The fraction of sp³-hybridized carbons (Fsp3) is 0.480. The van der Waals surface area contributed by atoms with Crippen LogP contribution in [0.3, 0.4) is 0 Å². The van der Waals surface area contributed by atoms with Crippen LogP contribution in [0, 0.1) is 0 Å². The zero-order valence-electron chi connectivity index (χ0n) is 21.0. The normalized spacial score (nSPS) is 19.7. The molecule has 0 fully saturated rings. The third-order valence-electron chi connectivity index (χ3n) is 4.65. The van der Waals surface area contributed by atoms with E-state index >= 15 is 0 Å². The van der Waals surface area contributed by atoms with Gasteiger partial charge < -0.3 is 19.1 Å². The first kappa shape index (κ1) is 31.2. The second kappa shape index (κ2) is 15.3. The SMILES string of the molecule is CCOC(=O)/C=C(/C)C1=CN=C(OCCOC2C=CC(C)=CC2Cl)C=CC1.CN(C)C(=O)C(F)(F)F. The molecule has 36 heavy (non-hydrogen) atoms. The highest BCUT2D eigenvalue weighted by Crippen LogP contribution is 2.19. The van der Waals surface area contributed by atoms with Gasteiger partial charge in [0.1, 0.15) is 6.61 Å². The Morgan fingerprint density at radius 3 is 2.50 bits per heavy atom. The summed E-state index contributed by atoms with van der Waals surface area (Å²) in [5, 5.41) is -0.162. The fourth-order valence-electron chi connectivity index (χ4n) is 2.81. The van der Waals surface area contributed by atoms with E-state index in [0.29, 0.717) is 37.0 Å². The number of esters is 1. The van der Waals surface area contributed by atoms with Gasteiger partial charge in [0.15, 0.2) is 0 Å². The zero-order valence-corrected chi connectivity index (χ0v) is 21.7. The molecule has 0 radical (unpaired) electrons. The van der Waals surface area contributed by atoms with Gasteiger partial charge in [-0.25, -0.2) is 9.79 Å². The number of carbonyl (C=O) groups is 2. The monoisotopic (exact) mass is 532 g/mol. The van der Waals surface area contributed by atoms with Crippen LogP contribution in [0.5, 0.6) is 0 Å². The topological polar surface area (TPSA) is 77.4 Å². The van der Waals surface area contributed by atoms with Gasteiger partial charge in [0.05, 0.1) is 24.7 Å². The number of nitrogens with zero attached hydrogens (tertiary/aromatic N) is 2. The number of halogens is 4. The molecule has 1 aliphatic carbocycles. The van der Waals surface area contributed by atoms with Crippen LogP contribution in [0.4, 0.5) is 13.2 Å². The summed E-state index contributed by atoms with van der Waals surface area (Å²) in [7, 11) is 2.10. The molecule has 2 atom stereocenters. The summed E-state index contributed by atoms with van der Waals surface area (Å²) in [6.07, 6.45) is 8.69. The minimum atomic E-state index is -4.73. The van der Waals surface area contributed by atoms with Crippen molar-refractivity contribution in [2.45, 2.75) is 44.8 Å². The van der Waals surface area contributed by atoms with Gasteiger partial charge in [-0.15, -0.1) is 11.6 Å². The Bertz CT molecular complexity index is 950. The van der Waals surface area contributed by atoms with E-state index in [1.807, 2.05) is 44.2 Å². The number of hydrogen-bond donors (Lipinski definition) is 0. The molecule has 0 N–H and O–H groups in total. The van der Waals surface area contributed by atoms with Gasteiger partial charge in [0, 0.05) is 26.4 Å². The Morgan fingerprint density at radius 2 is 1.94 bits per heavy atom. The molecule has 1 heterocycles. The van der Waals surface area contributed by atoms with Crippen LogP contribution in [0.25, 0.3) is 0 Å². The van der Waals surface area contributed by atoms with E-state index in [-0.39, 0.29) is 17.5 Å². The van der Waals surface area contributed by atoms with Gasteiger partial charge in [0.25, 0.3) is 0 Å². The molecule has 1 aliphatic heterocycles. The van der Waals surface area contributed by atoms with Gasteiger partial charge in [0.2, 0.25) is 5.90 Å². The van der Waals surface area contributed by atoms with Gasteiger partial charge in [-0.1, -0.05) is 29.9 Å². The van der Waals surface area contributed by atoms with Gasteiger partial charge in [-0.05, 0) is 44.4 Å². The number of rotatable bonds is 7. The lowest BCUT2D eigenvalue weighted by Crippen LogP contribution is -2.35. The molecule has 7 nitrogen and oxygen atoms in total. The number of ether oxygens (including phenoxy) is 3. The van der Waals surface area contributed by atoms with Crippen LogP contribution >= 0.6 is 11.6 Å². The lowest BCUT2D eigenvalue weighted by atomic mass is 10.1. The smallest absolute Gasteiger partial charge is 0.471 e. The molecule has 0 aromatic heterocycles. The molecule has 0 spiro atoms. The summed E-state index contributed by atoms with van der Waals surface area (Å²) in [5.74, 6) is -1.67. The maximum absolute atomic E-state index is 11.6. The van der Waals surface area contributed by atoms with E-state index in [9.17, 15) is 22.8 Å². The first-order valence-electron chi connectivity index (χ1n) is 11.2. The van der Waals surface area contributed by atoms with Crippen LogP contribution in [0.1, 0.15) is 27.2 Å².